The highest BCUT2D eigenvalue weighted by Gasteiger charge is 2.28. The molecule has 0 amide bonds. The summed E-state index contributed by atoms with van der Waals surface area (Å²) in [5, 5.41) is 0. The van der Waals surface area contributed by atoms with E-state index in [4.69, 9.17) is 10.5 Å². The minimum absolute atomic E-state index is 0.418. The Morgan fingerprint density at radius 2 is 1.06 bits per heavy atom. The largest absolute Gasteiger partial charge is 0.375 e. The Labute approximate surface area is 113 Å². The van der Waals surface area contributed by atoms with E-state index in [2.05, 4.69) is 0 Å². The first-order valence-electron chi connectivity index (χ1n) is 8.25. The van der Waals surface area contributed by atoms with Crippen LogP contribution in [0.1, 0.15) is 83.5 Å². The van der Waals surface area contributed by atoms with Gasteiger partial charge in [0.25, 0.3) is 0 Å². The van der Waals surface area contributed by atoms with Crippen LogP contribution < -0.4 is 5.73 Å². The predicted octanol–water partition coefficient (Wildman–Crippen LogP) is 4.17. The molecule has 2 rings (SSSR count). The lowest BCUT2D eigenvalue weighted by molar-refractivity contribution is -0.0663. The zero-order chi connectivity index (χ0) is 12.6. The molecule has 0 atom stereocenters. The second-order valence-corrected chi connectivity index (χ2v) is 6.37. The van der Waals surface area contributed by atoms with E-state index in [-0.39, 0.29) is 0 Å². The van der Waals surface area contributed by atoms with Crippen molar-refractivity contribution >= 4 is 0 Å². The zero-order valence-electron chi connectivity index (χ0n) is 11.9. The Kier molecular flexibility index (Phi) is 6.50. The first-order valence-corrected chi connectivity index (χ1v) is 8.25. The van der Waals surface area contributed by atoms with Crippen LogP contribution in [0, 0.1) is 0 Å². The third kappa shape index (κ3) is 5.27. The maximum absolute atomic E-state index is 6.22. The van der Waals surface area contributed by atoms with Crippen LogP contribution in [0.4, 0.5) is 0 Å². The van der Waals surface area contributed by atoms with Crippen molar-refractivity contribution in [3.8, 4) is 0 Å². The van der Waals surface area contributed by atoms with E-state index in [9.17, 15) is 0 Å². The van der Waals surface area contributed by atoms with E-state index in [1.54, 1.807) is 0 Å². The summed E-state index contributed by atoms with van der Waals surface area (Å²) in [7, 11) is 0. The highest BCUT2D eigenvalue weighted by molar-refractivity contribution is 4.84. The fourth-order valence-electron chi connectivity index (χ4n) is 3.25. The molecule has 106 valence electrons. The molecule has 2 aliphatic rings. The molecule has 0 unspecified atom stereocenters. The van der Waals surface area contributed by atoms with Crippen molar-refractivity contribution in [1.82, 2.24) is 0 Å². The first kappa shape index (κ1) is 14.3. The molecule has 0 saturated heterocycles. The van der Waals surface area contributed by atoms with Gasteiger partial charge >= 0.3 is 0 Å². The van der Waals surface area contributed by atoms with E-state index in [1.807, 2.05) is 0 Å². The van der Waals surface area contributed by atoms with E-state index in [1.165, 1.54) is 70.6 Å². The van der Waals surface area contributed by atoms with Crippen molar-refractivity contribution in [3.05, 3.63) is 0 Å². The van der Waals surface area contributed by atoms with Gasteiger partial charge in [0, 0.05) is 6.04 Å². The molecule has 2 heteroatoms. The topological polar surface area (TPSA) is 35.2 Å². The van der Waals surface area contributed by atoms with Crippen molar-refractivity contribution in [1.29, 1.82) is 0 Å². The van der Waals surface area contributed by atoms with Gasteiger partial charge < -0.3 is 10.5 Å². The number of rotatable bonds is 2. The standard InChI is InChI=1S/C16H31NO/c17-14-12-16(13-14)18-15-10-8-6-4-2-1-3-5-7-9-11-15/h14-16H,1-13,17H2. The molecule has 2 N–H and O–H groups in total. The van der Waals surface area contributed by atoms with Crippen LogP contribution in [0.5, 0.6) is 0 Å². The van der Waals surface area contributed by atoms with Crippen LogP contribution in [0.25, 0.3) is 0 Å². The minimum atomic E-state index is 0.418. The minimum Gasteiger partial charge on any atom is -0.375 e. The monoisotopic (exact) mass is 253 g/mol. The summed E-state index contributed by atoms with van der Waals surface area (Å²) in [5.74, 6) is 0. The van der Waals surface area contributed by atoms with Gasteiger partial charge in [-0.15, -0.1) is 0 Å². The second kappa shape index (κ2) is 8.16. The van der Waals surface area contributed by atoms with Gasteiger partial charge in [-0.1, -0.05) is 57.8 Å². The summed E-state index contributed by atoms with van der Waals surface area (Å²) in [4.78, 5) is 0. The molecule has 2 saturated carbocycles. The average molecular weight is 253 g/mol. The Bertz CT molecular complexity index is 201. The number of ether oxygens (including phenoxy) is 1. The predicted molar refractivity (Wildman–Crippen MR) is 76.7 cm³/mol. The maximum Gasteiger partial charge on any atom is 0.0608 e. The molecular weight excluding hydrogens is 222 g/mol. The molecule has 0 aromatic rings. The summed E-state index contributed by atoms with van der Waals surface area (Å²) >= 11 is 0. The third-order valence-electron chi connectivity index (χ3n) is 4.57. The van der Waals surface area contributed by atoms with Crippen LogP contribution in [-0.4, -0.2) is 18.2 Å². The van der Waals surface area contributed by atoms with Gasteiger partial charge in [-0.25, -0.2) is 0 Å². The van der Waals surface area contributed by atoms with Crippen molar-refractivity contribution in [3.63, 3.8) is 0 Å². The van der Waals surface area contributed by atoms with E-state index < -0.39 is 0 Å². The second-order valence-electron chi connectivity index (χ2n) is 6.37. The highest BCUT2D eigenvalue weighted by atomic mass is 16.5. The summed E-state index contributed by atoms with van der Waals surface area (Å²) in [6.45, 7) is 0. The Morgan fingerprint density at radius 3 is 1.50 bits per heavy atom. The molecule has 0 aliphatic heterocycles. The molecule has 0 spiro atoms. The fourth-order valence-corrected chi connectivity index (χ4v) is 3.25. The van der Waals surface area contributed by atoms with Crippen molar-refractivity contribution in [2.24, 2.45) is 5.73 Å². The molecule has 0 heterocycles. The smallest absolute Gasteiger partial charge is 0.0608 e. The molecule has 2 aliphatic carbocycles. The molecule has 2 nitrogen and oxygen atoms in total. The maximum atomic E-state index is 6.22. The summed E-state index contributed by atoms with van der Waals surface area (Å²) < 4.78 is 6.22. The number of hydrogen-bond donors (Lipinski definition) is 1. The fraction of sp³-hybridized carbons (Fsp3) is 1.00. The van der Waals surface area contributed by atoms with E-state index >= 15 is 0 Å². The normalized spacial score (nSPS) is 33.2. The van der Waals surface area contributed by atoms with Gasteiger partial charge in [0.1, 0.15) is 0 Å². The van der Waals surface area contributed by atoms with Crippen molar-refractivity contribution < 1.29 is 4.74 Å². The summed E-state index contributed by atoms with van der Waals surface area (Å²) in [6.07, 6.45) is 18.5. The molecule has 2 fully saturated rings. The lowest BCUT2D eigenvalue weighted by Crippen LogP contribution is -2.43. The van der Waals surface area contributed by atoms with Gasteiger partial charge in [-0.3, -0.25) is 0 Å². The highest BCUT2D eigenvalue weighted by Crippen LogP contribution is 2.26. The van der Waals surface area contributed by atoms with Crippen molar-refractivity contribution in [2.75, 3.05) is 0 Å². The van der Waals surface area contributed by atoms with Gasteiger partial charge in [0.2, 0.25) is 0 Å². The van der Waals surface area contributed by atoms with E-state index in [0.29, 0.717) is 18.2 Å². The van der Waals surface area contributed by atoms with Crippen LogP contribution in [-0.2, 0) is 4.74 Å². The number of nitrogens with two attached hydrogens (primary N) is 1. The average Bonchev–Trinajstić information content (AvgIpc) is 2.30. The lowest BCUT2D eigenvalue weighted by atomic mass is 9.89. The quantitative estimate of drug-likeness (QED) is 0.801. The summed E-state index contributed by atoms with van der Waals surface area (Å²) in [5.41, 5.74) is 5.83. The molecule has 0 aromatic carbocycles. The summed E-state index contributed by atoms with van der Waals surface area (Å²) in [6, 6.07) is 0.418. The van der Waals surface area contributed by atoms with E-state index in [0.717, 1.165) is 12.8 Å². The van der Waals surface area contributed by atoms with Crippen molar-refractivity contribution in [2.45, 2.75) is 102 Å². The molecule has 0 bridgehead atoms. The molecule has 0 radical (unpaired) electrons. The Balaban J connectivity index is 1.67. The lowest BCUT2D eigenvalue weighted by Gasteiger charge is -2.35. The Morgan fingerprint density at radius 1 is 0.611 bits per heavy atom. The molecular formula is C16H31NO. The Hall–Kier alpha value is -0.0800. The van der Waals surface area contributed by atoms with Crippen LogP contribution in [0.15, 0.2) is 0 Å². The van der Waals surface area contributed by atoms with Gasteiger partial charge in [-0.05, 0) is 25.7 Å². The molecule has 0 aromatic heterocycles. The SMILES string of the molecule is NC1CC(OC2CCCCCCCCCCC2)C1. The third-order valence-corrected chi connectivity index (χ3v) is 4.57. The van der Waals surface area contributed by atoms with Crippen LogP contribution >= 0.6 is 0 Å². The first-order chi connectivity index (χ1) is 8.84. The zero-order valence-corrected chi connectivity index (χ0v) is 11.9. The van der Waals surface area contributed by atoms with Gasteiger partial charge in [0.15, 0.2) is 0 Å². The van der Waals surface area contributed by atoms with Crippen LogP contribution in [0.3, 0.4) is 0 Å². The van der Waals surface area contributed by atoms with Gasteiger partial charge in [0.05, 0.1) is 12.2 Å². The molecule has 18 heavy (non-hydrogen) atoms. The number of hydrogen-bond acceptors (Lipinski definition) is 2. The van der Waals surface area contributed by atoms with Crippen LogP contribution in [0.2, 0.25) is 0 Å². The van der Waals surface area contributed by atoms with Gasteiger partial charge in [-0.2, -0.15) is 0 Å².